The van der Waals surface area contributed by atoms with E-state index in [0.717, 1.165) is 5.17 Å². The number of halogens is 1. The number of hydrogen-bond donors (Lipinski definition) is 0. The molecule has 0 N–H and O–H groups in total. The van der Waals surface area contributed by atoms with Crippen molar-refractivity contribution in [2.45, 2.75) is 6.30 Å². The van der Waals surface area contributed by atoms with Crippen LogP contribution in [0.2, 0.25) is 0 Å². The van der Waals surface area contributed by atoms with Gasteiger partial charge in [0.15, 0.2) is 11.5 Å². The first-order valence-electron chi connectivity index (χ1n) is 2.71. The van der Waals surface area contributed by atoms with Crippen LogP contribution in [0.4, 0.5) is 4.39 Å². The molecule has 9 heavy (non-hydrogen) atoms. The molecule has 1 rings (SSSR count). The number of nitrogens with zero attached hydrogens (tertiary/aromatic N) is 2. The van der Waals surface area contributed by atoms with Gasteiger partial charge in [-0.15, -0.1) is 0 Å². The van der Waals surface area contributed by atoms with Gasteiger partial charge in [0.1, 0.15) is 0 Å². The van der Waals surface area contributed by atoms with Gasteiger partial charge >= 0.3 is 0 Å². The van der Waals surface area contributed by atoms with Crippen LogP contribution in [0.3, 0.4) is 0 Å². The fourth-order valence-electron chi connectivity index (χ4n) is 0.716. The third-order valence-electron chi connectivity index (χ3n) is 1.28. The lowest BCUT2D eigenvalue weighted by atomic mass is 10.6. The molecule has 0 aliphatic carbocycles. The van der Waals surface area contributed by atoms with E-state index in [-0.39, 0.29) is 0 Å². The Labute approximate surface area is 58.1 Å². The van der Waals surface area contributed by atoms with Crippen molar-refractivity contribution in [3.63, 3.8) is 0 Å². The monoisotopic (exact) mass is 148 g/mol. The van der Waals surface area contributed by atoms with E-state index in [4.69, 9.17) is 0 Å². The van der Waals surface area contributed by atoms with E-state index in [0.29, 0.717) is 6.54 Å². The van der Waals surface area contributed by atoms with Crippen LogP contribution >= 0.6 is 11.8 Å². The highest BCUT2D eigenvalue weighted by Crippen LogP contribution is 2.14. The predicted octanol–water partition coefficient (Wildman–Crippen LogP) is 0.946. The van der Waals surface area contributed by atoms with Crippen LogP contribution in [-0.4, -0.2) is 36.2 Å². The third-order valence-corrected chi connectivity index (χ3v) is 2.06. The van der Waals surface area contributed by atoms with Crippen molar-refractivity contribution in [1.82, 2.24) is 4.90 Å². The Morgan fingerprint density at radius 2 is 2.56 bits per heavy atom. The van der Waals surface area contributed by atoms with Crippen molar-refractivity contribution < 1.29 is 4.39 Å². The summed E-state index contributed by atoms with van der Waals surface area (Å²) in [7, 11) is 1.72. The number of amidine groups is 1. The molecule has 1 aliphatic heterocycles. The first-order chi connectivity index (χ1) is 4.25. The van der Waals surface area contributed by atoms with Crippen LogP contribution in [0.15, 0.2) is 4.99 Å². The lowest BCUT2D eigenvalue weighted by molar-refractivity contribution is 0.211. The molecule has 0 amide bonds. The summed E-state index contributed by atoms with van der Waals surface area (Å²) < 4.78 is 12.6. The molecular formula is C5H9FN2S. The Morgan fingerprint density at radius 1 is 1.89 bits per heavy atom. The van der Waals surface area contributed by atoms with Gasteiger partial charge in [-0.2, -0.15) is 0 Å². The number of rotatable bonds is 0. The second-order valence-electron chi connectivity index (χ2n) is 1.87. The quantitative estimate of drug-likeness (QED) is 0.475. The normalized spacial score (nSPS) is 26.8. The van der Waals surface area contributed by atoms with Crippen LogP contribution in [0.25, 0.3) is 0 Å². The molecule has 1 aliphatic rings. The van der Waals surface area contributed by atoms with E-state index in [1.807, 2.05) is 6.26 Å². The van der Waals surface area contributed by atoms with Crippen LogP contribution in [0.5, 0.6) is 0 Å². The van der Waals surface area contributed by atoms with E-state index in [2.05, 4.69) is 4.99 Å². The minimum Gasteiger partial charge on any atom is -0.323 e. The molecule has 0 radical (unpaired) electrons. The zero-order valence-electron chi connectivity index (χ0n) is 5.47. The number of aliphatic imine (C=N–C) groups is 1. The molecule has 0 saturated carbocycles. The Morgan fingerprint density at radius 3 is 2.78 bits per heavy atom. The molecule has 0 saturated heterocycles. The van der Waals surface area contributed by atoms with Crippen molar-refractivity contribution in [3.8, 4) is 0 Å². The van der Waals surface area contributed by atoms with Crippen LogP contribution < -0.4 is 0 Å². The molecule has 1 unspecified atom stereocenters. The molecule has 1 heterocycles. The van der Waals surface area contributed by atoms with E-state index in [1.165, 1.54) is 11.8 Å². The smallest absolute Gasteiger partial charge is 0.193 e. The highest BCUT2D eigenvalue weighted by molar-refractivity contribution is 8.13. The summed E-state index contributed by atoms with van der Waals surface area (Å²) in [5, 5.41) is 0.794. The lowest BCUT2D eigenvalue weighted by Crippen LogP contribution is -2.27. The van der Waals surface area contributed by atoms with Gasteiger partial charge < -0.3 is 4.90 Å². The standard InChI is InChI=1S/C5H9FN2S/c1-8-4(6)3-7-5(8)9-2/h4H,3H2,1-2H3. The van der Waals surface area contributed by atoms with Gasteiger partial charge in [-0.05, 0) is 6.26 Å². The van der Waals surface area contributed by atoms with Crippen molar-refractivity contribution in [2.24, 2.45) is 4.99 Å². The van der Waals surface area contributed by atoms with E-state index >= 15 is 0 Å². The molecule has 0 fully saturated rings. The zero-order chi connectivity index (χ0) is 6.85. The molecule has 4 heteroatoms. The fourth-order valence-corrected chi connectivity index (χ4v) is 1.32. The molecule has 0 aromatic heterocycles. The maximum Gasteiger partial charge on any atom is 0.193 e. The molecular weight excluding hydrogens is 139 g/mol. The largest absolute Gasteiger partial charge is 0.323 e. The molecule has 0 spiro atoms. The third kappa shape index (κ3) is 1.18. The highest BCUT2D eigenvalue weighted by Gasteiger charge is 2.21. The van der Waals surface area contributed by atoms with Crippen molar-refractivity contribution in [2.75, 3.05) is 19.8 Å². The van der Waals surface area contributed by atoms with Gasteiger partial charge in [0.2, 0.25) is 0 Å². The molecule has 0 aromatic carbocycles. The predicted molar refractivity (Wildman–Crippen MR) is 38.5 cm³/mol. The molecule has 0 bridgehead atoms. The second-order valence-corrected chi connectivity index (χ2v) is 2.65. The van der Waals surface area contributed by atoms with Crippen molar-refractivity contribution in [3.05, 3.63) is 0 Å². The molecule has 2 nitrogen and oxygen atoms in total. The Balaban J connectivity index is 2.55. The van der Waals surface area contributed by atoms with Gasteiger partial charge in [0, 0.05) is 7.05 Å². The Bertz CT molecular complexity index is 137. The summed E-state index contributed by atoms with van der Waals surface area (Å²) in [6, 6.07) is 0. The molecule has 52 valence electrons. The van der Waals surface area contributed by atoms with Gasteiger partial charge in [-0.1, -0.05) is 11.8 Å². The average Bonchev–Trinajstić information content (AvgIpc) is 2.15. The minimum absolute atomic E-state index is 0.298. The summed E-state index contributed by atoms with van der Waals surface area (Å²) >= 11 is 1.48. The van der Waals surface area contributed by atoms with Crippen LogP contribution in [-0.2, 0) is 0 Å². The summed E-state index contributed by atoms with van der Waals surface area (Å²) in [5.74, 6) is 0. The van der Waals surface area contributed by atoms with Gasteiger partial charge in [-0.3, -0.25) is 4.99 Å². The summed E-state index contributed by atoms with van der Waals surface area (Å²) in [6.45, 7) is 0.298. The SMILES string of the molecule is CSC1=NCC(F)N1C. The first kappa shape index (κ1) is 6.86. The topological polar surface area (TPSA) is 15.6 Å². The summed E-state index contributed by atoms with van der Waals surface area (Å²) in [5.41, 5.74) is 0. The fraction of sp³-hybridized carbons (Fsp3) is 0.800. The second kappa shape index (κ2) is 2.56. The maximum absolute atomic E-state index is 12.6. The Hall–Kier alpha value is -0.250. The highest BCUT2D eigenvalue weighted by atomic mass is 32.2. The minimum atomic E-state index is -0.896. The lowest BCUT2D eigenvalue weighted by Gasteiger charge is -2.14. The molecule has 1 atom stereocenters. The summed E-state index contributed by atoms with van der Waals surface area (Å²) in [4.78, 5) is 5.49. The van der Waals surface area contributed by atoms with Crippen molar-refractivity contribution >= 4 is 16.9 Å². The van der Waals surface area contributed by atoms with Crippen LogP contribution in [0, 0.1) is 0 Å². The van der Waals surface area contributed by atoms with E-state index in [9.17, 15) is 4.39 Å². The van der Waals surface area contributed by atoms with Crippen LogP contribution in [0.1, 0.15) is 0 Å². The van der Waals surface area contributed by atoms with E-state index < -0.39 is 6.30 Å². The average molecular weight is 148 g/mol. The number of hydrogen-bond acceptors (Lipinski definition) is 3. The molecule has 0 aromatic rings. The number of likely N-dealkylation sites (N-methyl/N-ethyl adjacent to an activating group) is 1. The Kier molecular flexibility index (Phi) is 1.95. The maximum atomic E-state index is 12.6. The van der Waals surface area contributed by atoms with Gasteiger partial charge in [0.25, 0.3) is 0 Å². The first-order valence-corrected chi connectivity index (χ1v) is 3.93. The zero-order valence-corrected chi connectivity index (χ0v) is 6.28. The number of thioether (sulfide) groups is 1. The van der Waals surface area contributed by atoms with Crippen molar-refractivity contribution in [1.29, 1.82) is 0 Å². The number of alkyl halides is 1. The van der Waals surface area contributed by atoms with Gasteiger partial charge in [0.05, 0.1) is 6.54 Å². The van der Waals surface area contributed by atoms with Gasteiger partial charge in [-0.25, -0.2) is 4.39 Å². The van der Waals surface area contributed by atoms with E-state index in [1.54, 1.807) is 11.9 Å². The summed E-state index contributed by atoms with van der Waals surface area (Å²) in [6.07, 6.45) is 1.00.